The van der Waals surface area contributed by atoms with E-state index in [2.05, 4.69) is 15.4 Å². The molecule has 7 heteroatoms. The molecule has 2 N–H and O–H groups in total. The molecule has 0 amide bonds. The SMILES string of the molecule is CSCCNc1c(C(=O)O)cnc2c1c(C)nn2C. The van der Waals surface area contributed by atoms with Gasteiger partial charge in [-0.15, -0.1) is 0 Å². The number of rotatable bonds is 5. The quantitative estimate of drug-likeness (QED) is 0.812. The Labute approximate surface area is 115 Å². The number of fused-ring (bicyclic) bond motifs is 1. The highest BCUT2D eigenvalue weighted by molar-refractivity contribution is 7.98. The molecule has 19 heavy (non-hydrogen) atoms. The molecule has 0 aliphatic rings. The minimum Gasteiger partial charge on any atom is -0.478 e. The molecule has 2 heterocycles. The fraction of sp³-hybridized carbons (Fsp3) is 0.417. The average Bonchev–Trinajstić information content (AvgIpc) is 2.65. The molecule has 0 aliphatic carbocycles. The maximum atomic E-state index is 11.3. The highest BCUT2D eigenvalue weighted by atomic mass is 32.2. The predicted octanol–water partition coefficient (Wildman–Crippen LogP) is 1.75. The van der Waals surface area contributed by atoms with Gasteiger partial charge in [-0.3, -0.25) is 4.68 Å². The van der Waals surface area contributed by atoms with Crippen molar-refractivity contribution < 1.29 is 9.90 Å². The van der Waals surface area contributed by atoms with Crippen LogP contribution in [0.15, 0.2) is 6.20 Å². The van der Waals surface area contributed by atoms with Gasteiger partial charge in [-0.25, -0.2) is 9.78 Å². The van der Waals surface area contributed by atoms with E-state index in [9.17, 15) is 9.90 Å². The second-order valence-electron chi connectivity index (χ2n) is 4.18. The summed E-state index contributed by atoms with van der Waals surface area (Å²) in [5.74, 6) is -0.0772. The molecule has 0 aliphatic heterocycles. The normalized spacial score (nSPS) is 10.9. The number of hydrogen-bond donors (Lipinski definition) is 2. The number of pyridine rings is 1. The Kier molecular flexibility index (Phi) is 3.94. The molecule has 0 radical (unpaired) electrons. The van der Waals surface area contributed by atoms with Gasteiger partial charge in [-0.1, -0.05) is 0 Å². The lowest BCUT2D eigenvalue weighted by Gasteiger charge is -2.10. The molecule has 0 aromatic carbocycles. The molecule has 2 aromatic heterocycles. The van der Waals surface area contributed by atoms with Crippen molar-refractivity contribution in [3.8, 4) is 0 Å². The zero-order chi connectivity index (χ0) is 14.0. The van der Waals surface area contributed by atoms with Crippen molar-refractivity contribution in [1.29, 1.82) is 0 Å². The third kappa shape index (κ3) is 2.51. The minimum atomic E-state index is -0.982. The highest BCUT2D eigenvalue weighted by Crippen LogP contribution is 2.28. The molecule has 0 fully saturated rings. The van der Waals surface area contributed by atoms with Crippen LogP contribution in [0.2, 0.25) is 0 Å². The van der Waals surface area contributed by atoms with Gasteiger partial charge >= 0.3 is 5.97 Å². The number of thioether (sulfide) groups is 1. The molecule has 0 bridgehead atoms. The number of aryl methyl sites for hydroxylation is 2. The van der Waals surface area contributed by atoms with Crippen molar-refractivity contribution in [1.82, 2.24) is 14.8 Å². The highest BCUT2D eigenvalue weighted by Gasteiger charge is 2.18. The van der Waals surface area contributed by atoms with Crippen molar-refractivity contribution >= 4 is 34.5 Å². The monoisotopic (exact) mass is 280 g/mol. The third-order valence-corrected chi connectivity index (χ3v) is 3.48. The number of anilines is 1. The first-order chi connectivity index (χ1) is 9.06. The van der Waals surface area contributed by atoms with Crippen LogP contribution in [-0.2, 0) is 7.05 Å². The summed E-state index contributed by atoms with van der Waals surface area (Å²) in [5.41, 5.74) is 2.26. The van der Waals surface area contributed by atoms with Crippen LogP contribution in [0.1, 0.15) is 16.1 Å². The number of nitrogens with one attached hydrogen (secondary N) is 1. The van der Waals surface area contributed by atoms with E-state index in [0.29, 0.717) is 17.9 Å². The first-order valence-corrected chi connectivity index (χ1v) is 7.24. The van der Waals surface area contributed by atoms with Crippen molar-refractivity contribution in [3.63, 3.8) is 0 Å². The largest absolute Gasteiger partial charge is 0.478 e. The molecule has 0 unspecified atom stereocenters. The van der Waals surface area contributed by atoms with E-state index in [0.717, 1.165) is 16.8 Å². The Balaban J connectivity index is 2.58. The van der Waals surface area contributed by atoms with Crippen LogP contribution in [0.4, 0.5) is 5.69 Å². The molecule has 6 nitrogen and oxygen atoms in total. The number of aromatic nitrogens is 3. The summed E-state index contributed by atoms with van der Waals surface area (Å²) in [5, 5.41) is 17.5. The van der Waals surface area contributed by atoms with E-state index >= 15 is 0 Å². The van der Waals surface area contributed by atoms with Crippen LogP contribution < -0.4 is 5.32 Å². The third-order valence-electron chi connectivity index (χ3n) is 2.87. The molecule has 0 spiro atoms. The molecule has 0 saturated carbocycles. The number of carbonyl (C=O) groups is 1. The molecular weight excluding hydrogens is 264 g/mol. The Morgan fingerprint density at radius 3 is 2.95 bits per heavy atom. The zero-order valence-corrected chi connectivity index (χ0v) is 11.9. The molecular formula is C12H16N4O2S. The number of aromatic carboxylic acids is 1. The Bertz CT molecular complexity index is 624. The second kappa shape index (κ2) is 5.48. The van der Waals surface area contributed by atoms with Gasteiger partial charge in [-0.2, -0.15) is 16.9 Å². The van der Waals surface area contributed by atoms with Crippen LogP contribution in [0.5, 0.6) is 0 Å². The number of carboxylic acids is 1. The van der Waals surface area contributed by atoms with Crippen LogP contribution >= 0.6 is 11.8 Å². The van der Waals surface area contributed by atoms with Crippen LogP contribution in [0.3, 0.4) is 0 Å². The van der Waals surface area contributed by atoms with Gasteiger partial charge in [-0.05, 0) is 13.2 Å². The topological polar surface area (TPSA) is 80.0 Å². The number of nitrogens with zero attached hydrogens (tertiary/aromatic N) is 3. The van der Waals surface area contributed by atoms with Gasteiger partial charge in [0.25, 0.3) is 0 Å². The van der Waals surface area contributed by atoms with E-state index in [4.69, 9.17) is 0 Å². The van der Waals surface area contributed by atoms with E-state index in [-0.39, 0.29) is 5.56 Å². The summed E-state index contributed by atoms with van der Waals surface area (Å²) < 4.78 is 1.66. The lowest BCUT2D eigenvalue weighted by atomic mass is 10.1. The zero-order valence-electron chi connectivity index (χ0n) is 11.1. The number of hydrogen-bond acceptors (Lipinski definition) is 5. The van der Waals surface area contributed by atoms with Crippen molar-refractivity contribution in [2.75, 3.05) is 23.9 Å². The van der Waals surface area contributed by atoms with Crippen LogP contribution in [0, 0.1) is 6.92 Å². The number of carboxylic acid groups (broad SMARTS) is 1. The van der Waals surface area contributed by atoms with E-state index in [1.807, 2.05) is 13.2 Å². The van der Waals surface area contributed by atoms with Gasteiger partial charge in [0.05, 0.1) is 16.8 Å². The molecule has 2 aromatic rings. The van der Waals surface area contributed by atoms with Gasteiger partial charge in [0.15, 0.2) is 5.65 Å². The first-order valence-electron chi connectivity index (χ1n) is 5.84. The summed E-state index contributed by atoms with van der Waals surface area (Å²) in [4.78, 5) is 15.5. The van der Waals surface area contributed by atoms with Gasteiger partial charge in [0.1, 0.15) is 5.56 Å². The van der Waals surface area contributed by atoms with Crippen molar-refractivity contribution in [2.45, 2.75) is 6.92 Å². The smallest absolute Gasteiger partial charge is 0.339 e. The Morgan fingerprint density at radius 1 is 1.58 bits per heavy atom. The van der Waals surface area contributed by atoms with E-state index in [1.54, 1.807) is 23.5 Å². The van der Waals surface area contributed by atoms with Crippen molar-refractivity contribution in [2.24, 2.45) is 7.05 Å². The lowest BCUT2D eigenvalue weighted by molar-refractivity contribution is 0.0697. The summed E-state index contributed by atoms with van der Waals surface area (Å²) in [7, 11) is 1.80. The first kappa shape index (κ1) is 13.7. The van der Waals surface area contributed by atoms with Gasteiger partial charge < -0.3 is 10.4 Å². The standard InChI is InChI=1S/C12H16N4O2S/c1-7-9-10(13-4-5-19-3)8(12(17)18)6-14-11(9)16(2)15-7/h6H,4-5H2,1-3H3,(H,13,14)(H,17,18). The molecule has 2 rings (SSSR count). The Hall–Kier alpha value is -1.76. The van der Waals surface area contributed by atoms with Crippen molar-refractivity contribution in [3.05, 3.63) is 17.5 Å². The van der Waals surface area contributed by atoms with Crippen LogP contribution in [0.25, 0.3) is 11.0 Å². The van der Waals surface area contributed by atoms with E-state index < -0.39 is 5.97 Å². The maximum Gasteiger partial charge on any atom is 0.339 e. The van der Waals surface area contributed by atoms with Gasteiger partial charge in [0, 0.05) is 25.5 Å². The predicted molar refractivity (Wildman–Crippen MR) is 77.1 cm³/mol. The average molecular weight is 280 g/mol. The molecule has 102 valence electrons. The molecule has 0 atom stereocenters. The fourth-order valence-electron chi connectivity index (χ4n) is 2.04. The second-order valence-corrected chi connectivity index (χ2v) is 5.16. The lowest BCUT2D eigenvalue weighted by Crippen LogP contribution is -2.10. The summed E-state index contributed by atoms with van der Waals surface area (Å²) >= 11 is 1.70. The van der Waals surface area contributed by atoms with Crippen LogP contribution in [-0.4, -0.2) is 44.4 Å². The minimum absolute atomic E-state index is 0.185. The summed E-state index contributed by atoms with van der Waals surface area (Å²) in [6.45, 7) is 2.56. The van der Waals surface area contributed by atoms with Gasteiger partial charge in [0.2, 0.25) is 0 Å². The summed E-state index contributed by atoms with van der Waals surface area (Å²) in [6.07, 6.45) is 3.39. The van der Waals surface area contributed by atoms with E-state index in [1.165, 1.54) is 6.20 Å². The summed E-state index contributed by atoms with van der Waals surface area (Å²) in [6, 6.07) is 0. The maximum absolute atomic E-state index is 11.3. The fourth-order valence-corrected chi connectivity index (χ4v) is 2.34. The molecule has 0 saturated heterocycles. The Morgan fingerprint density at radius 2 is 2.32 bits per heavy atom.